The second-order valence-corrected chi connectivity index (χ2v) is 5.46. The molecular formula is C17H23NO2. The van der Waals surface area contributed by atoms with E-state index in [0.29, 0.717) is 0 Å². The third-order valence-electron chi connectivity index (χ3n) is 4.24. The Morgan fingerprint density at radius 2 is 2.15 bits per heavy atom. The van der Waals surface area contributed by atoms with Gasteiger partial charge in [-0.25, -0.2) is 0 Å². The number of fused-ring (bicyclic) bond motifs is 1. The summed E-state index contributed by atoms with van der Waals surface area (Å²) in [5.74, 6) is 1.08. The molecule has 2 aromatic rings. The molecule has 0 spiro atoms. The summed E-state index contributed by atoms with van der Waals surface area (Å²) in [7, 11) is 2.02. The molecule has 1 aliphatic rings. The topological polar surface area (TPSA) is 34.4 Å². The zero-order valence-electron chi connectivity index (χ0n) is 12.3. The molecule has 0 amide bonds. The molecule has 1 aromatic heterocycles. The first-order valence-corrected chi connectivity index (χ1v) is 7.64. The molecule has 0 radical (unpaired) electrons. The van der Waals surface area contributed by atoms with Crippen LogP contribution in [0.15, 0.2) is 28.7 Å². The first-order valence-electron chi connectivity index (χ1n) is 7.64. The molecule has 3 rings (SSSR count). The van der Waals surface area contributed by atoms with Crippen LogP contribution in [0.3, 0.4) is 0 Å². The lowest BCUT2D eigenvalue weighted by Crippen LogP contribution is -2.34. The highest BCUT2D eigenvalue weighted by molar-refractivity contribution is 5.83. The van der Waals surface area contributed by atoms with E-state index in [-0.39, 0.29) is 12.1 Å². The molecule has 0 saturated carbocycles. The van der Waals surface area contributed by atoms with E-state index in [1.165, 1.54) is 23.8 Å². The standard InChI is InChI=1S/C17H23NO2/c1-3-13-16(12-8-4-5-9-14(12)20-13)17(18-2)15-10-6-7-11-19-15/h4-5,8-9,15,17-18H,3,6-7,10-11H2,1-2H3. The van der Waals surface area contributed by atoms with E-state index in [0.717, 1.165) is 30.8 Å². The van der Waals surface area contributed by atoms with Crippen LogP contribution < -0.4 is 5.32 Å². The van der Waals surface area contributed by atoms with Crippen LogP contribution in [0.25, 0.3) is 11.0 Å². The van der Waals surface area contributed by atoms with Crippen LogP contribution in [-0.4, -0.2) is 19.8 Å². The van der Waals surface area contributed by atoms with Crippen molar-refractivity contribution in [2.75, 3.05) is 13.7 Å². The maximum Gasteiger partial charge on any atom is 0.134 e. The van der Waals surface area contributed by atoms with E-state index >= 15 is 0 Å². The minimum atomic E-state index is 0.217. The number of hydrogen-bond donors (Lipinski definition) is 1. The highest BCUT2D eigenvalue weighted by atomic mass is 16.5. The molecule has 108 valence electrons. The van der Waals surface area contributed by atoms with E-state index < -0.39 is 0 Å². The number of ether oxygens (including phenoxy) is 1. The molecule has 2 atom stereocenters. The van der Waals surface area contributed by atoms with Gasteiger partial charge in [0.2, 0.25) is 0 Å². The normalized spacial score (nSPS) is 21.2. The lowest BCUT2D eigenvalue weighted by atomic mass is 9.93. The van der Waals surface area contributed by atoms with E-state index in [9.17, 15) is 0 Å². The first-order chi connectivity index (χ1) is 9.85. The lowest BCUT2D eigenvalue weighted by molar-refractivity contribution is -0.00670. The summed E-state index contributed by atoms with van der Waals surface area (Å²) in [5, 5.41) is 4.68. The number of nitrogens with one attached hydrogen (secondary N) is 1. The van der Waals surface area contributed by atoms with Gasteiger partial charge in [0.25, 0.3) is 0 Å². The molecule has 20 heavy (non-hydrogen) atoms. The first kappa shape index (κ1) is 13.7. The molecular weight excluding hydrogens is 250 g/mol. The van der Waals surface area contributed by atoms with E-state index in [1.807, 2.05) is 19.2 Å². The van der Waals surface area contributed by atoms with Gasteiger partial charge in [-0.2, -0.15) is 0 Å². The Kier molecular flexibility index (Phi) is 4.08. The van der Waals surface area contributed by atoms with Crippen molar-refractivity contribution in [2.45, 2.75) is 44.8 Å². The number of rotatable bonds is 4. The third-order valence-corrected chi connectivity index (χ3v) is 4.24. The summed E-state index contributed by atoms with van der Waals surface area (Å²) in [6.07, 6.45) is 4.71. The quantitative estimate of drug-likeness (QED) is 0.919. The maximum absolute atomic E-state index is 6.03. The molecule has 2 unspecified atom stereocenters. The fourth-order valence-electron chi connectivity index (χ4n) is 3.26. The number of benzene rings is 1. The largest absolute Gasteiger partial charge is 0.461 e. The van der Waals surface area contributed by atoms with Gasteiger partial charge >= 0.3 is 0 Å². The monoisotopic (exact) mass is 273 g/mol. The number of aryl methyl sites for hydroxylation is 1. The molecule has 1 fully saturated rings. The van der Waals surface area contributed by atoms with Gasteiger partial charge in [0.05, 0.1) is 12.1 Å². The van der Waals surface area contributed by atoms with Crippen molar-refractivity contribution < 1.29 is 9.15 Å². The van der Waals surface area contributed by atoms with Gasteiger partial charge in [0, 0.05) is 24.0 Å². The summed E-state index contributed by atoms with van der Waals surface area (Å²) in [4.78, 5) is 0. The van der Waals surface area contributed by atoms with Gasteiger partial charge in [-0.3, -0.25) is 0 Å². The van der Waals surface area contributed by atoms with Gasteiger partial charge < -0.3 is 14.5 Å². The van der Waals surface area contributed by atoms with Crippen LogP contribution in [0, 0.1) is 0 Å². The van der Waals surface area contributed by atoms with Crippen molar-refractivity contribution in [1.29, 1.82) is 0 Å². The molecule has 0 aliphatic carbocycles. The zero-order chi connectivity index (χ0) is 13.9. The average molecular weight is 273 g/mol. The van der Waals surface area contributed by atoms with Crippen molar-refractivity contribution in [3.63, 3.8) is 0 Å². The van der Waals surface area contributed by atoms with Gasteiger partial charge in [-0.05, 0) is 32.4 Å². The van der Waals surface area contributed by atoms with Crippen molar-refractivity contribution in [3.05, 3.63) is 35.6 Å². The Balaban J connectivity index is 2.05. The SMILES string of the molecule is CCc1oc2ccccc2c1C(NC)C1CCCCO1. The summed E-state index contributed by atoms with van der Waals surface area (Å²) in [6, 6.07) is 8.52. The Hall–Kier alpha value is -1.32. The van der Waals surface area contributed by atoms with Crippen molar-refractivity contribution >= 4 is 11.0 Å². The van der Waals surface area contributed by atoms with Gasteiger partial charge in [0.15, 0.2) is 0 Å². The smallest absolute Gasteiger partial charge is 0.134 e. The highest BCUT2D eigenvalue weighted by Crippen LogP contribution is 2.35. The molecule has 1 aromatic carbocycles. The van der Waals surface area contributed by atoms with Gasteiger partial charge in [0.1, 0.15) is 11.3 Å². The Bertz CT molecular complexity index is 569. The number of hydrogen-bond acceptors (Lipinski definition) is 3. The van der Waals surface area contributed by atoms with Crippen LogP contribution in [0.2, 0.25) is 0 Å². The Morgan fingerprint density at radius 1 is 1.30 bits per heavy atom. The molecule has 1 aliphatic heterocycles. The predicted molar refractivity (Wildman–Crippen MR) is 81.0 cm³/mol. The molecule has 3 nitrogen and oxygen atoms in total. The predicted octanol–water partition coefficient (Wildman–Crippen LogP) is 3.82. The molecule has 2 heterocycles. The molecule has 1 N–H and O–H groups in total. The van der Waals surface area contributed by atoms with Crippen LogP contribution in [0.4, 0.5) is 0 Å². The summed E-state index contributed by atoms with van der Waals surface area (Å²) >= 11 is 0. The molecule has 3 heteroatoms. The fourth-order valence-corrected chi connectivity index (χ4v) is 3.26. The van der Waals surface area contributed by atoms with Crippen LogP contribution in [-0.2, 0) is 11.2 Å². The Labute approximate surface area is 120 Å². The number of para-hydroxylation sites is 1. The second-order valence-electron chi connectivity index (χ2n) is 5.46. The summed E-state index contributed by atoms with van der Waals surface area (Å²) in [6.45, 7) is 3.02. The average Bonchev–Trinajstić information content (AvgIpc) is 2.88. The number of furan rings is 1. The van der Waals surface area contributed by atoms with Crippen molar-refractivity contribution in [1.82, 2.24) is 5.32 Å². The summed E-state index contributed by atoms with van der Waals surface area (Å²) < 4.78 is 12.0. The lowest BCUT2D eigenvalue weighted by Gasteiger charge is -2.30. The molecule has 0 bridgehead atoms. The van der Waals surface area contributed by atoms with Gasteiger partial charge in [-0.1, -0.05) is 25.1 Å². The molecule has 1 saturated heterocycles. The van der Waals surface area contributed by atoms with Crippen LogP contribution >= 0.6 is 0 Å². The van der Waals surface area contributed by atoms with Crippen LogP contribution in [0.1, 0.15) is 43.6 Å². The zero-order valence-corrected chi connectivity index (χ0v) is 12.3. The minimum absolute atomic E-state index is 0.217. The van der Waals surface area contributed by atoms with Crippen molar-refractivity contribution in [2.24, 2.45) is 0 Å². The van der Waals surface area contributed by atoms with E-state index in [4.69, 9.17) is 9.15 Å². The second kappa shape index (κ2) is 5.98. The maximum atomic E-state index is 6.03. The Morgan fingerprint density at radius 3 is 2.85 bits per heavy atom. The third kappa shape index (κ3) is 2.36. The van der Waals surface area contributed by atoms with Crippen molar-refractivity contribution in [3.8, 4) is 0 Å². The van der Waals surface area contributed by atoms with E-state index in [1.54, 1.807) is 0 Å². The van der Waals surface area contributed by atoms with E-state index in [2.05, 4.69) is 24.4 Å². The number of likely N-dealkylation sites (N-methyl/N-ethyl adjacent to an activating group) is 1. The highest BCUT2D eigenvalue weighted by Gasteiger charge is 2.29. The minimum Gasteiger partial charge on any atom is -0.461 e. The van der Waals surface area contributed by atoms with Crippen LogP contribution in [0.5, 0.6) is 0 Å². The van der Waals surface area contributed by atoms with Gasteiger partial charge in [-0.15, -0.1) is 0 Å². The summed E-state index contributed by atoms with van der Waals surface area (Å²) in [5.41, 5.74) is 2.27. The fraction of sp³-hybridized carbons (Fsp3) is 0.529.